The standard InChI is InChI=1S/C10H12BrN3/c1-7-10-8(11)3-2-4-9(10)14(13-7)6-5-12/h2-4H,5-6,12H2,1H3. The van der Waals surface area contributed by atoms with Crippen LogP contribution in [0, 0.1) is 6.92 Å². The minimum absolute atomic E-state index is 0.614. The summed E-state index contributed by atoms with van der Waals surface area (Å²) in [6.45, 7) is 3.39. The van der Waals surface area contributed by atoms with E-state index in [9.17, 15) is 0 Å². The van der Waals surface area contributed by atoms with Crippen molar-refractivity contribution in [3.05, 3.63) is 28.4 Å². The molecule has 0 atom stereocenters. The minimum atomic E-state index is 0.614. The number of rotatable bonds is 2. The molecule has 14 heavy (non-hydrogen) atoms. The van der Waals surface area contributed by atoms with Gasteiger partial charge in [-0.15, -0.1) is 0 Å². The number of hydrogen-bond acceptors (Lipinski definition) is 2. The van der Waals surface area contributed by atoms with Gasteiger partial charge in [-0.3, -0.25) is 4.68 Å². The fourth-order valence-electron chi connectivity index (χ4n) is 1.66. The summed E-state index contributed by atoms with van der Waals surface area (Å²) in [7, 11) is 0. The van der Waals surface area contributed by atoms with Crippen molar-refractivity contribution in [3.63, 3.8) is 0 Å². The zero-order valence-corrected chi connectivity index (χ0v) is 9.58. The Kier molecular flexibility index (Phi) is 2.56. The molecule has 0 aliphatic carbocycles. The van der Waals surface area contributed by atoms with Gasteiger partial charge in [0, 0.05) is 16.4 Å². The first-order chi connectivity index (χ1) is 6.74. The normalized spacial score (nSPS) is 11.1. The molecule has 1 heterocycles. The average Bonchev–Trinajstić information content (AvgIpc) is 2.46. The van der Waals surface area contributed by atoms with Crippen LogP contribution in [0.4, 0.5) is 0 Å². The second-order valence-electron chi connectivity index (χ2n) is 3.23. The van der Waals surface area contributed by atoms with Crippen LogP contribution in [0.1, 0.15) is 5.69 Å². The van der Waals surface area contributed by atoms with Crippen LogP contribution in [0.15, 0.2) is 22.7 Å². The Balaban J connectivity index is 2.71. The van der Waals surface area contributed by atoms with E-state index in [0.717, 1.165) is 22.2 Å². The minimum Gasteiger partial charge on any atom is -0.329 e. The largest absolute Gasteiger partial charge is 0.329 e. The third-order valence-corrected chi connectivity index (χ3v) is 2.90. The summed E-state index contributed by atoms with van der Waals surface area (Å²) in [6, 6.07) is 6.11. The van der Waals surface area contributed by atoms with Gasteiger partial charge in [-0.05, 0) is 19.1 Å². The fraction of sp³-hybridized carbons (Fsp3) is 0.300. The Bertz CT molecular complexity index is 462. The molecule has 0 saturated heterocycles. The van der Waals surface area contributed by atoms with Crippen LogP contribution >= 0.6 is 15.9 Å². The lowest BCUT2D eigenvalue weighted by atomic mass is 10.2. The van der Waals surface area contributed by atoms with E-state index in [4.69, 9.17) is 5.73 Å². The molecule has 0 amide bonds. The second-order valence-corrected chi connectivity index (χ2v) is 4.09. The van der Waals surface area contributed by atoms with E-state index in [0.29, 0.717) is 6.54 Å². The van der Waals surface area contributed by atoms with Crippen molar-refractivity contribution >= 4 is 26.8 Å². The Morgan fingerprint density at radius 3 is 3.00 bits per heavy atom. The zero-order valence-electron chi connectivity index (χ0n) is 8.00. The maximum absolute atomic E-state index is 5.53. The van der Waals surface area contributed by atoms with E-state index in [1.165, 1.54) is 5.39 Å². The molecule has 2 rings (SSSR count). The van der Waals surface area contributed by atoms with Crippen LogP contribution in [-0.4, -0.2) is 16.3 Å². The lowest BCUT2D eigenvalue weighted by Gasteiger charge is -2.00. The van der Waals surface area contributed by atoms with Gasteiger partial charge in [-0.25, -0.2) is 0 Å². The zero-order chi connectivity index (χ0) is 10.1. The number of benzene rings is 1. The van der Waals surface area contributed by atoms with Crippen LogP contribution in [0.2, 0.25) is 0 Å². The summed E-state index contributed by atoms with van der Waals surface area (Å²) >= 11 is 3.53. The van der Waals surface area contributed by atoms with Crippen molar-refractivity contribution < 1.29 is 0 Å². The summed E-state index contributed by atoms with van der Waals surface area (Å²) in [4.78, 5) is 0. The van der Waals surface area contributed by atoms with Crippen LogP contribution < -0.4 is 5.73 Å². The highest BCUT2D eigenvalue weighted by Crippen LogP contribution is 2.26. The van der Waals surface area contributed by atoms with Gasteiger partial charge in [0.05, 0.1) is 17.8 Å². The van der Waals surface area contributed by atoms with Gasteiger partial charge >= 0.3 is 0 Å². The van der Waals surface area contributed by atoms with Crippen molar-refractivity contribution in [3.8, 4) is 0 Å². The molecule has 0 aliphatic heterocycles. The van der Waals surface area contributed by atoms with Crippen molar-refractivity contribution in [2.24, 2.45) is 5.73 Å². The van der Waals surface area contributed by atoms with E-state index in [1.54, 1.807) is 0 Å². The van der Waals surface area contributed by atoms with Gasteiger partial charge in [0.15, 0.2) is 0 Å². The molecule has 0 spiro atoms. The molecule has 74 valence electrons. The number of nitrogens with zero attached hydrogens (tertiary/aromatic N) is 2. The molecule has 2 N–H and O–H groups in total. The van der Waals surface area contributed by atoms with Gasteiger partial charge < -0.3 is 5.73 Å². The topological polar surface area (TPSA) is 43.8 Å². The van der Waals surface area contributed by atoms with Crippen molar-refractivity contribution in [2.75, 3.05) is 6.54 Å². The monoisotopic (exact) mass is 253 g/mol. The summed E-state index contributed by atoms with van der Waals surface area (Å²) in [6.07, 6.45) is 0. The average molecular weight is 254 g/mol. The summed E-state index contributed by atoms with van der Waals surface area (Å²) in [5.41, 5.74) is 7.71. The smallest absolute Gasteiger partial charge is 0.0697 e. The highest BCUT2D eigenvalue weighted by Gasteiger charge is 2.08. The fourth-order valence-corrected chi connectivity index (χ4v) is 2.31. The number of aromatic nitrogens is 2. The summed E-state index contributed by atoms with van der Waals surface area (Å²) < 4.78 is 3.05. The maximum Gasteiger partial charge on any atom is 0.0697 e. The molecule has 3 nitrogen and oxygen atoms in total. The van der Waals surface area contributed by atoms with Gasteiger partial charge in [0.2, 0.25) is 0 Å². The summed E-state index contributed by atoms with van der Waals surface area (Å²) in [5.74, 6) is 0. The quantitative estimate of drug-likeness (QED) is 0.891. The van der Waals surface area contributed by atoms with Gasteiger partial charge in [-0.1, -0.05) is 22.0 Å². The van der Waals surface area contributed by atoms with Crippen LogP contribution in [0.3, 0.4) is 0 Å². The predicted molar refractivity (Wildman–Crippen MR) is 61.2 cm³/mol. The Morgan fingerprint density at radius 2 is 2.29 bits per heavy atom. The predicted octanol–water partition coefficient (Wildman–Crippen LogP) is 2.07. The molecule has 0 unspecified atom stereocenters. The second kappa shape index (κ2) is 3.71. The van der Waals surface area contributed by atoms with Crippen molar-refractivity contribution in [2.45, 2.75) is 13.5 Å². The van der Waals surface area contributed by atoms with Crippen LogP contribution in [0.5, 0.6) is 0 Å². The van der Waals surface area contributed by atoms with E-state index in [1.807, 2.05) is 23.7 Å². The first-order valence-electron chi connectivity index (χ1n) is 4.55. The van der Waals surface area contributed by atoms with Crippen LogP contribution in [-0.2, 0) is 6.54 Å². The molecule has 2 aromatic rings. The van der Waals surface area contributed by atoms with Crippen molar-refractivity contribution in [1.82, 2.24) is 9.78 Å². The lowest BCUT2D eigenvalue weighted by Crippen LogP contribution is -2.10. The van der Waals surface area contributed by atoms with E-state index >= 15 is 0 Å². The number of hydrogen-bond donors (Lipinski definition) is 1. The van der Waals surface area contributed by atoms with Crippen molar-refractivity contribution in [1.29, 1.82) is 0 Å². The van der Waals surface area contributed by atoms with Gasteiger partial charge in [0.25, 0.3) is 0 Å². The highest BCUT2D eigenvalue weighted by atomic mass is 79.9. The molecule has 1 aromatic carbocycles. The third-order valence-electron chi connectivity index (χ3n) is 2.24. The van der Waals surface area contributed by atoms with E-state index in [2.05, 4.69) is 27.1 Å². The SMILES string of the molecule is Cc1nn(CCN)c2cccc(Br)c12. The van der Waals surface area contributed by atoms with Gasteiger partial charge in [-0.2, -0.15) is 5.10 Å². The first kappa shape index (κ1) is 9.68. The molecule has 0 fully saturated rings. The molecular formula is C10H12BrN3. The molecular weight excluding hydrogens is 242 g/mol. The molecule has 0 bridgehead atoms. The third kappa shape index (κ3) is 1.44. The van der Waals surface area contributed by atoms with E-state index in [-0.39, 0.29) is 0 Å². The molecule has 0 radical (unpaired) electrons. The number of halogens is 1. The first-order valence-corrected chi connectivity index (χ1v) is 5.35. The molecule has 1 aromatic heterocycles. The van der Waals surface area contributed by atoms with Crippen LogP contribution in [0.25, 0.3) is 10.9 Å². The summed E-state index contributed by atoms with van der Waals surface area (Å²) in [5, 5.41) is 5.63. The van der Waals surface area contributed by atoms with Gasteiger partial charge in [0.1, 0.15) is 0 Å². The molecule has 0 saturated carbocycles. The Hall–Kier alpha value is -0.870. The number of aryl methyl sites for hydroxylation is 1. The maximum atomic E-state index is 5.53. The Labute approximate surface area is 91.0 Å². The molecule has 4 heteroatoms. The number of nitrogens with two attached hydrogens (primary N) is 1. The van der Waals surface area contributed by atoms with E-state index < -0.39 is 0 Å². The lowest BCUT2D eigenvalue weighted by molar-refractivity contribution is 0.640. The number of fused-ring (bicyclic) bond motifs is 1. The molecule has 0 aliphatic rings. The highest BCUT2D eigenvalue weighted by molar-refractivity contribution is 9.10. The Morgan fingerprint density at radius 1 is 1.50 bits per heavy atom.